The fourth-order valence-electron chi connectivity index (χ4n) is 8.46. The van der Waals surface area contributed by atoms with Crippen molar-refractivity contribution in [2.75, 3.05) is 33.8 Å². The SMILES string of the molecule is C[C@H]1C(=O)C[C@@H](CO)C(=O)N[C@@]2(Cc3ccc(Cl)cc3)CCCN(C2)C(=O)[C@H](Cc2ccccc2)OC(=O)N1Cc1ccc(Cl)cc1Oc1ccc(-c2cnc(CN(C)C)n2C)cc1. The number of aliphatic hydroxyl groups excluding tert-OH is 1. The zero-order valence-electron chi connectivity index (χ0n) is 36.5. The van der Waals surface area contributed by atoms with Crippen LogP contribution in [0.2, 0.25) is 10.0 Å². The third kappa shape index (κ3) is 11.1. The number of nitrogens with one attached hydrogen (secondary N) is 1. The van der Waals surface area contributed by atoms with E-state index in [1.807, 2.05) is 98.6 Å². The van der Waals surface area contributed by atoms with Crippen LogP contribution in [0.3, 0.4) is 0 Å². The van der Waals surface area contributed by atoms with Crippen LogP contribution in [0, 0.1) is 5.92 Å². The fraction of sp³-hybridized carbons (Fsp3) is 0.367. The van der Waals surface area contributed by atoms with Gasteiger partial charge in [-0.2, -0.15) is 0 Å². The molecule has 15 heteroatoms. The minimum Gasteiger partial charge on any atom is -0.457 e. The molecule has 7 rings (SSSR count). The van der Waals surface area contributed by atoms with Gasteiger partial charge in [0.25, 0.3) is 5.91 Å². The number of ketones is 1. The summed E-state index contributed by atoms with van der Waals surface area (Å²) in [6, 6.07) is 27.9. The lowest BCUT2D eigenvalue weighted by Crippen LogP contribution is -2.63. The summed E-state index contributed by atoms with van der Waals surface area (Å²) >= 11 is 12.7. The number of rotatable bonds is 12. The topological polar surface area (TPSA) is 147 Å². The van der Waals surface area contributed by atoms with E-state index in [2.05, 4.69) is 15.2 Å². The van der Waals surface area contributed by atoms with E-state index in [0.717, 1.165) is 28.2 Å². The van der Waals surface area contributed by atoms with E-state index in [4.69, 9.17) is 32.7 Å². The second-order valence-corrected chi connectivity index (χ2v) is 18.0. The molecule has 0 spiro atoms. The lowest BCUT2D eigenvalue weighted by molar-refractivity contribution is -0.146. The molecule has 0 radical (unpaired) electrons. The monoisotopic (exact) mass is 908 g/mol. The number of piperidine rings is 1. The highest BCUT2D eigenvalue weighted by molar-refractivity contribution is 6.31. The molecule has 2 aliphatic heterocycles. The van der Waals surface area contributed by atoms with Crippen molar-refractivity contribution in [1.82, 2.24) is 29.6 Å². The molecular weight excluding hydrogens is 855 g/mol. The van der Waals surface area contributed by atoms with Crippen LogP contribution < -0.4 is 10.1 Å². The van der Waals surface area contributed by atoms with Gasteiger partial charge < -0.3 is 34.3 Å². The van der Waals surface area contributed by atoms with Gasteiger partial charge >= 0.3 is 6.09 Å². The molecule has 5 aromatic rings. The van der Waals surface area contributed by atoms with E-state index in [1.54, 1.807) is 42.2 Å². The van der Waals surface area contributed by atoms with E-state index in [-0.39, 0.29) is 25.9 Å². The summed E-state index contributed by atoms with van der Waals surface area (Å²) in [5.41, 5.74) is 3.08. The Kier molecular flexibility index (Phi) is 14.8. The van der Waals surface area contributed by atoms with E-state index in [0.29, 0.717) is 59.5 Å². The lowest BCUT2D eigenvalue weighted by atomic mass is 9.82. The molecule has 3 amide bonds. The zero-order chi connectivity index (χ0) is 45.5. The molecule has 4 aromatic carbocycles. The number of hydrogen-bond acceptors (Lipinski definition) is 9. The Bertz CT molecular complexity index is 2450. The number of aliphatic hydroxyl groups is 1. The smallest absolute Gasteiger partial charge is 0.411 e. The minimum absolute atomic E-state index is 0.0717. The fourth-order valence-corrected chi connectivity index (χ4v) is 8.75. The molecule has 336 valence electrons. The molecule has 64 heavy (non-hydrogen) atoms. The second kappa shape index (κ2) is 20.4. The van der Waals surface area contributed by atoms with E-state index in [1.165, 1.54) is 4.90 Å². The number of carbonyl (C=O) groups excluding carboxylic acids is 4. The van der Waals surface area contributed by atoms with Gasteiger partial charge in [0.05, 0.1) is 49.1 Å². The highest BCUT2D eigenvalue weighted by Gasteiger charge is 2.43. The van der Waals surface area contributed by atoms with Gasteiger partial charge in [0.15, 0.2) is 11.9 Å². The summed E-state index contributed by atoms with van der Waals surface area (Å²) in [7, 11) is 5.96. The van der Waals surface area contributed by atoms with Gasteiger partial charge in [-0.15, -0.1) is 0 Å². The van der Waals surface area contributed by atoms with Gasteiger partial charge in [0.1, 0.15) is 17.3 Å². The average molecular weight is 910 g/mol. The van der Waals surface area contributed by atoms with Crippen molar-refractivity contribution in [1.29, 1.82) is 0 Å². The molecule has 0 aliphatic carbocycles. The highest BCUT2D eigenvalue weighted by atomic mass is 35.5. The summed E-state index contributed by atoms with van der Waals surface area (Å²) < 4.78 is 14.7. The molecule has 2 N–H and O–H groups in total. The first-order valence-corrected chi connectivity index (χ1v) is 22.2. The quantitative estimate of drug-likeness (QED) is 0.130. The molecular formula is C49H54Cl2N6O7. The van der Waals surface area contributed by atoms with Gasteiger partial charge in [-0.1, -0.05) is 71.7 Å². The Morgan fingerprint density at radius 2 is 1.66 bits per heavy atom. The zero-order valence-corrected chi connectivity index (χ0v) is 38.0. The normalized spacial score (nSPS) is 21.1. The average Bonchev–Trinajstić information content (AvgIpc) is 3.63. The highest BCUT2D eigenvalue weighted by Crippen LogP contribution is 2.33. The Labute approximate surface area is 383 Å². The van der Waals surface area contributed by atoms with Crippen molar-refractivity contribution in [3.05, 3.63) is 136 Å². The summed E-state index contributed by atoms with van der Waals surface area (Å²) in [6.45, 7) is 1.93. The third-order valence-electron chi connectivity index (χ3n) is 12.0. The Morgan fingerprint density at radius 3 is 2.36 bits per heavy atom. The number of imidazole rings is 1. The number of fused-ring (bicyclic) bond motifs is 2. The lowest BCUT2D eigenvalue weighted by Gasteiger charge is -2.45. The number of carbonyl (C=O) groups is 4. The van der Waals surface area contributed by atoms with Crippen molar-refractivity contribution in [3.8, 4) is 22.8 Å². The summed E-state index contributed by atoms with van der Waals surface area (Å²) in [4.78, 5) is 67.4. The molecule has 4 atom stereocenters. The van der Waals surface area contributed by atoms with Gasteiger partial charge in [-0.25, -0.2) is 9.78 Å². The van der Waals surface area contributed by atoms with Crippen molar-refractivity contribution in [3.63, 3.8) is 0 Å². The summed E-state index contributed by atoms with van der Waals surface area (Å²) in [6.07, 6.45) is 0.804. The van der Waals surface area contributed by atoms with Crippen molar-refractivity contribution in [2.24, 2.45) is 13.0 Å². The maximum atomic E-state index is 14.8. The van der Waals surface area contributed by atoms with Crippen LogP contribution in [-0.2, 0) is 52.1 Å². The summed E-state index contributed by atoms with van der Waals surface area (Å²) in [5, 5.41) is 14.7. The minimum atomic E-state index is -1.27. The second-order valence-electron chi connectivity index (χ2n) is 17.1. The van der Waals surface area contributed by atoms with Gasteiger partial charge in [-0.05, 0) is 99.9 Å². The summed E-state index contributed by atoms with van der Waals surface area (Å²) in [5.74, 6) is -0.811. The van der Waals surface area contributed by atoms with Crippen LogP contribution in [0.15, 0.2) is 103 Å². The number of amides is 3. The van der Waals surface area contributed by atoms with Crippen LogP contribution in [0.4, 0.5) is 4.79 Å². The number of nitrogens with zero attached hydrogens (tertiary/aromatic N) is 5. The Morgan fingerprint density at radius 1 is 0.938 bits per heavy atom. The van der Waals surface area contributed by atoms with Crippen molar-refractivity contribution in [2.45, 2.75) is 69.8 Å². The molecule has 13 nitrogen and oxygen atoms in total. The van der Waals surface area contributed by atoms with Crippen LogP contribution in [0.25, 0.3) is 11.3 Å². The van der Waals surface area contributed by atoms with Crippen LogP contribution >= 0.6 is 23.2 Å². The molecule has 0 saturated carbocycles. The van der Waals surface area contributed by atoms with Crippen LogP contribution in [0.1, 0.15) is 48.7 Å². The number of hydrogen-bond donors (Lipinski definition) is 2. The predicted molar refractivity (Wildman–Crippen MR) is 245 cm³/mol. The maximum Gasteiger partial charge on any atom is 0.411 e. The third-order valence-corrected chi connectivity index (χ3v) is 12.5. The molecule has 2 bridgehead atoms. The largest absolute Gasteiger partial charge is 0.457 e. The van der Waals surface area contributed by atoms with Gasteiger partial charge in [0.2, 0.25) is 5.91 Å². The first kappa shape index (κ1) is 46.3. The molecule has 2 fully saturated rings. The van der Waals surface area contributed by atoms with E-state index < -0.39 is 53.9 Å². The van der Waals surface area contributed by atoms with Crippen molar-refractivity contribution < 1.29 is 33.8 Å². The molecule has 2 saturated heterocycles. The standard InChI is InChI=1S/C49H54Cl2N6O7/c1-32-42(59)24-37(30-58)46(60)53-49(26-34-11-16-38(50)17-12-34)21-8-22-56(31-49)47(61)44(23-33-9-6-5-7-10-33)64-48(62)57(32)28-36-13-18-39(51)25-43(36)63-40-19-14-35(15-20-40)41-27-52-45(55(41)4)29-54(2)3/h5-7,9-20,25,27,32,37,44,58H,8,21-24,26,28-31H2,1-4H3,(H,53,60)/t32-,37-,44-,49+/m0/s1. The molecule has 1 aromatic heterocycles. The van der Waals surface area contributed by atoms with E-state index >= 15 is 0 Å². The maximum absolute atomic E-state index is 14.8. The van der Waals surface area contributed by atoms with Gasteiger partial charge in [-0.3, -0.25) is 19.3 Å². The molecule has 2 aliphatic rings. The first-order chi connectivity index (χ1) is 30.7. The van der Waals surface area contributed by atoms with E-state index in [9.17, 15) is 24.3 Å². The first-order valence-electron chi connectivity index (χ1n) is 21.4. The van der Waals surface area contributed by atoms with Crippen LogP contribution in [0.5, 0.6) is 11.5 Å². The number of Topliss-reactive ketones (excluding diaryl/α,β-unsaturated/α-hetero) is 1. The molecule has 3 heterocycles. The van der Waals surface area contributed by atoms with Gasteiger partial charge in [0, 0.05) is 54.2 Å². The number of halogens is 2. The van der Waals surface area contributed by atoms with Crippen LogP contribution in [-0.4, -0.2) is 105 Å². The number of cyclic esters (lactones) is 1. The Hall–Kier alpha value is -5.73. The van der Waals surface area contributed by atoms with Crippen molar-refractivity contribution >= 4 is 46.9 Å². The Balaban J connectivity index is 1.20. The predicted octanol–water partition coefficient (Wildman–Crippen LogP) is 7.49. The number of aromatic nitrogens is 2. The molecule has 0 unspecified atom stereocenters. The number of ether oxygens (including phenoxy) is 2. The number of benzene rings is 4.